The lowest BCUT2D eigenvalue weighted by atomic mass is 9.88. The fourth-order valence-corrected chi connectivity index (χ4v) is 2.57. The van der Waals surface area contributed by atoms with Gasteiger partial charge in [-0.3, -0.25) is 0 Å². The molecule has 1 unspecified atom stereocenters. The van der Waals surface area contributed by atoms with Crippen LogP contribution in [0.25, 0.3) is 0 Å². The fourth-order valence-electron chi connectivity index (χ4n) is 1.91. The van der Waals surface area contributed by atoms with Crippen molar-refractivity contribution < 1.29 is 4.39 Å². The standard InChI is InChI=1S/C10H11BrFN/c11-7-4-5-8(12)6-2-1-3-9(13)10(6)7/h4-5,9H,1-3,13H2. The van der Waals surface area contributed by atoms with E-state index in [1.165, 1.54) is 6.07 Å². The van der Waals surface area contributed by atoms with Crippen molar-refractivity contribution in [3.63, 3.8) is 0 Å². The minimum Gasteiger partial charge on any atom is -0.324 e. The maximum absolute atomic E-state index is 13.3. The van der Waals surface area contributed by atoms with E-state index in [4.69, 9.17) is 5.73 Å². The molecule has 1 nitrogen and oxygen atoms in total. The zero-order valence-electron chi connectivity index (χ0n) is 7.19. The van der Waals surface area contributed by atoms with E-state index in [-0.39, 0.29) is 11.9 Å². The van der Waals surface area contributed by atoms with Gasteiger partial charge >= 0.3 is 0 Å². The van der Waals surface area contributed by atoms with Gasteiger partial charge in [0.05, 0.1) is 0 Å². The molecule has 0 aromatic heterocycles. The Hall–Kier alpha value is -0.410. The minimum absolute atomic E-state index is 0.00572. The molecule has 0 bridgehead atoms. The Kier molecular flexibility index (Phi) is 2.39. The molecule has 1 aromatic rings. The summed E-state index contributed by atoms with van der Waals surface area (Å²) >= 11 is 3.41. The first-order valence-corrected chi connectivity index (χ1v) is 5.22. The lowest BCUT2D eigenvalue weighted by Gasteiger charge is -2.23. The summed E-state index contributed by atoms with van der Waals surface area (Å²) < 4.78 is 14.3. The van der Waals surface area contributed by atoms with Gasteiger partial charge in [0.25, 0.3) is 0 Å². The molecule has 13 heavy (non-hydrogen) atoms. The van der Waals surface area contributed by atoms with Crippen LogP contribution in [0.3, 0.4) is 0 Å². The predicted octanol–water partition coefficient (Wildman–Crippen LogP) is 2.92. The van der Waals surface area contributed by atoms with Gasteiger partial charge in [0.2, 0.25) is 0 Å². The van der Waals surface area contributed by atoms with Crippen LogP contribution in [-0.4, -0.2) is 0 Å². The van der Waals surface area contributed by atoms with Crippen LogP contribution >= 0.6 is 15.9 Å². The second-order valence-electron chi connectivity index (χ2n) is 3.42. The van der Waals surface area contributed by atoms with E-state index in [1.54, 1.807) is 6.07 Å². The molecule has 0 saturated heterocycles. The van der Waals surface area contributed by atoms with Gasteiger partial charge in [0.15, 0.2) is 0 Å². The van der Waals surface area contributed by atoms with Crippen LogP contribution in [0.5, 0.6) is 0 Å². The average molecular weight is 244 g/mol. The molecular weight excluding hydrogens is 233 g/mol. The molecule has 0 spiro atoms. The quantitative estimate of drug-likeness (QED) is 0.746. The van der Waals surface area contributed by atoms with Crippen LogP contribution in [0.1, 0.15) is 30.0 Å². The van der Waals surface area contributed by atoms with Crippen LogP contribution in [0.4, 0.5) is 4.39 Å². The first kappa shape index (κ1) is 9.16. The van der Waals surface area contributed by atoms with Gasteiger partial charge in [-0.2, -0.15) is 0 Å². The highest BCUT2D eigenvalue weighted by Crippen LogP contribution is 2.34. The van der Waals surface area contributed by atoms with Gasteiger partial charge in [-0.05, 0) is 42.5 Å². The molecule has 0 heterocycles. The molecular formula is C10H11BrFN. The zero-order chi connectivity index (χ0) is 9.42. The summed E-state index contributed by atoms with van der Waals surface area (Å²) in [4.78, 5) is 0. The Balaban J connectivity index is 2.60. The topological polar surface area (TPSA) is 26.0 Å². The highest BCUT2D eigenvalue weighted by atomic mass is 79.9. The second-order valence-corrected chi connectivity index (χ2v) is 4.27. The van der Waals surface area contributed by atoms with Gasteiger partial charge in [-0.1, -0.05) is 15.9 Å². The summed E-state index contributed by atoms with van der Waals surface area (Å²) in [5.41, 5.74) is 7.68. The van der Waals surface area contributed by atoms with E-state index < -0.39 is 0 Å². The monoisotopic (exact) mass is 243 g/mol. The van der Waals surface area contributed by atoms with Crippen LogP contribution < -0.4 is 5.73 Å². The van der Waals surface area contributed by atoms with E-state index in [2.05, 4.69) is 15.9 Å². The maximum atomic E-state index is 13.3. The summed E-state index contributed by atoms with van der Waals surface area (Å²) in [5.74, 6) is -0.117. The predicted molar refractivity (Wildman–Crippen MR) is 54.0 cm³/mol. The summed E-state index contributed by atoms with van der Waals surface area (Å²) in [6.07, 6.45) is 2.75. The molecule has 1 aliphatic rings. The number of hydrogen-bond acceptors (Lipinski definition) is 1. The van der Waals surface area contributed by atoms with Crippen molar-refractivity contribution in [1.29, 1.82) is 0 Å². The van der Waals surface area contributed by atoms with Crippen molar-refractivity contribution in [1.82, 2.24) is 0 Å². The highest BCUT2D eigenvalue weighted by Gasteiger charge is 2.21. The molecule has 3 heteroatoms. The molecule has 70 valence electrons. The fraction of sp³-hybridized carbons (Fsp3) is 0.400. The Morgan fingerprint density at radius 1 is 1.46 bits per heavy atom. The van der Waals surface area contributed by atoms with E-state index in [0.29, 0.717) is 0 Å². The smallest absolute Gasteiger partial charge is 0.126 e. The zero-order valence-corrected chi connectivity index (χ0v) is 8.77. The summed E-state index contributed by atoms with van der Waals surface area (Å²) in [5, 5.41) is 0. The maximum Gasteiger partial charge on any atom is 0.126 e. The Morgan fingerprint density at radius 3 is 2.92 bits per heavy atom. The number of benzene rings is 1. The second kappa shape index (κ2) is 3.39. The van der Waals surface area contributed by atoms with Gasteiger partial charge in [-0.25, -0.2) is 4.39 Å². The Bertz CT molecular complexity index is 338. The Labute approximate surface area is 85.3 Å². The van der Waals surface area contributed by atoms with Crippen molar-refractivity contribution in [2.45, 2.75) is 25.3 Å². The third-order valence-electron chi connectivity index (χ3n) is 2.56. The number of rotatable bonds is 0. The first-order valence-electron chi connectivity index (χ1n) is 4.42. The number of hydrogen-bond donors (Lipinski definition) is 1. The molecule has 0 radical (unpaired) electrons. The molecule has 2 N–H and O–H groups in total. The molecule has 2 rings (SSSR count). The van der Waals surface area contributed by atoms with E-state index in [9.17, 15) is 4.39 Å². The van der Waals surface area contributed by atoms with Crippen molar-refractivity contribution >= 4 is 15.9 Å². The molecule has 0 aliphatic heterocycles. The third-order valence-corrected chi connectivity index (χ3v) is 3.25. The first-order chi connectivity index (χ1) is 6.20. The van der Waals surface area contributed by atoms with Crippen LogP contribution in [0.15, 0.2) is 16.6 Å². The summed E-state index contributed by atoms with van der Waals surface area (Å²) in [6.45, 7) is 0. The van der Waals surface area contributed by atoms with Gasteiger partial charge < -0.3 is 5.73 Å². The van der Waals surface area contributed by atoms with Crippen LogP contribution in [0.2, 0.25) is 0 Å². The molecule has 0 saturated carbocycles. The van der Waals surface area contributed by atoms with Crippen molar-refractivity contribution in [2.75, 3.05) is 0 Å². The van der Waals surface area contributed by atoms with Gasteiger partial charge in [0.1, 0.15) is 5.82 Å². The molecule has 0 amide bonds. The van der Waals surface area contributed by atoms with E-state index in [0.717, 1.165) is 34.9 Å². The lowest BCUT2D eigenvalue weighted by Crippen LogP contribution is -2.19. The summed E-state index contributed by atoms with van der Waals surface area (Å²) in [6, 6.07) is 3.23. The number of nitrogens with two attached hydrogens (primary N) is 1. The number of fused-ring (bicyclic) bond motifs is 1. The highest BCUT2D eigenvalue weighted by molar-refractivity contribution is 9.10. The molecule has 1 atom stereocenters. The molecule has 0 fully saturated rings. The largest absolute Gasteiger partial charge is 0.324 e. The van der Waals surface area contributed by atoms with Crippen LogP contribution in [0, 0.1) is 5.82 Å². The third kappa shape index (κ3) is 1.51. The molecule has 1 aliphatic carbocycles. The summed E-state index contributed by atoms with van der Waals surface area (Å²) in [7, 11) is 0. The minimum atomic E-state index is -0.117. The Morgan fingerprint density at radius 2 is 2.23 bits per heavy atom. The normalized spacial score (nSPS) is 21.3. The number of halogens is 2. The van der Waals surface area contributed by atoms with E-state index >= 15 is 0 Å². The molecule has 1 aromatic carbocycles. The van der Waals surface area contributed by atoms with Crippen molar-refractivity contribution in [3.05, 3.63) is 33.5 Å². The van der Waals surface area contributed by atoms with E-state index in [1.807, 2.05) is 0 Å². The average Bonchev–Trinajstić information content (AvgIpc) is 2.12. The SMILES string of the molecule is NC1CCCc2c(F)ccc(Br)c21. The van der Waals surface area contributed by atoms with Crippen molar-refractivity contribution in [3.8, 4) is 0 Å². The lowest BCUT2D eigenvalue weighted by molar-refractivity contribution is 0.529. The van der Waals surface area contributed by atoms with Gasteiger partial charge in [-0.15, -0.1) is 0 Å². The van der Waals surface area contributed by atoms with Gasteiger partial charge in [0, 0.05) is 10.5 Å². The van der Waals surface area contributed by atoms with Crippen LogP contribution in [-0.2, 0) is 6.42 Å². The van der Waals surface area contributed by atoms with Crippen molar-refractivity contribution in [2.24, 2.45) is 5.73 Å².